The lowest BCUT2D eigenvalue weighted by molar-refractivity contribution is -0.120. The topological polar surface area (TPSA) is 65.5 Å². The van der Waals surface area contributed by atoms with Crippen molar-refractivity contribution in [3.05, 3.63) is 0 Å². The molecule has 100 valence electrons. The van der Waals surface area contributed by atoms with E-state index in [-0.39, 0.29) is 30.5 Å². The number of guanidine groups is 1. The van der Waals surface area contributed by atoms with Gasteiger partial charge in [-0.2, -0.15) is 0 Å². The molecule has 0 atom stereocenters. The van der Waals surface area contributed by atoms with Gasteiger partial charge in [-0.3, -0.25) is 9.79 Å². The number of nitrogens with one attached hydrogen (secondary N) is 3. The monoisotopic (exact) mass is 362 g/mol. The van der Waals surface area contributed by atoms with Gasteiger partial charge in [0.2, 0.25) is 5.91 Å². The molecule has 1 saturated carbocycles. The van der Waals surface area contributed by atoms with Gasteiger partial charge in [-0.1, -0.05) is 0 Å². The Kier molecular flexibility index (Phi) is 8.09. The average Bonchev–Trinajstić information content (AvgIpc) is 3.04. The number of aliphatic imine (C=N–C) groups is 1. The Balaban J connectivity index is 0.00000256. The summed E-state index contributed by atoms with van der Waals surface area (Å²) in [5.41, 5.74) is 0. The lowest BCUT2D eigenvalue weighted by Crippen LogP contribution is -2.44. The molecule has 0 aromatic heterocycles. The largest absolute Gasteiger partial charge is 0.354 e. The second-order valence-corrected chi connectivity index (χ2v) is 3.54. The zero-order valence-corrected chi connectivity index (χ0v) is 11.8. The lowest BCUT2D eigenvalue weighted by atomic mass is 10.5. The molecule has 5 nitrogen and oxygen atoms in total. The van der Waals surface area contributed by atoms with Crippen LogP contribution in [0.3, 0.4) is 0 Å². The van der Waals surface area contributed by atoms with Crippen molar-refractivity contribution in [1.29, 1.82) is 0 Å². The van der Waals surface area contributed by atoms with Gasteiger partial charge in [0.25, 0.3) is 6.43 Å². The quantitative estimate of drug-likeness (QED) is 0.375. The van der Waals surface area contributed by atoms with Crippen molar-refractivity contribution in [2.24, 2.45) is 4.99 Å². The van der Waals surface area contributed by atoms with Crippen LogP contribution in [-0.4, -0.2) is 44.5 Å². The standard InChI is InChI=1S/C9H16F2N4O.HI/c1-12-9(15-6-2-3-6)14-5-8(16)13-4-7(10)11;/h6-7H,2-5H2,1H3,(H,13,16)(H2,12,14,15);1H. The maximum atomic E-state index is 11.8. The second-order valence-electron chi connectivity index (χ2n) is 3.54. The van der Waals surface area contributed by atoms with Crippen LogP contribution in [0.15, 0.2) is 4.99 Å². The van der Waals surface area contributed by atoms with Crippen LogP contribution in [0.1, 0.15) is 12.8 Å². The smallest absolute Gasteiger partial charge is 0.255 e. The van der Waals surface area contributed by atoms with Crippen LogP contribution >= 0.6 is 24.0 Å². The number of alkyl halides is 2. The molecule has 1 fully saturated rings. The van der Waals surface area contributed by atoms with Crippen LogP contribution in [0.25, 0.3) is 0 Å². The first-order chi connectivity index (χ1) is 7.61. The normalized spacial score (nSPS) is 15.2. The molecule has 0 unspecified atom stereocenters. The van der Waals surface area contributed by atoms with Crippen molar-refractivity contribution in [1.82, 2.24) is 16.0 Å². The summed E-state index contributed by atoms with van der Waals surface area (Å²) in [7, 11) is 1.59. The van der Waals surface area contributed by atoms with Crippen molar-refractivity contribution in [3.63, 3.8) is 0 Å². The SMILES string of the molecule is CN=C(NCC(=O)NCC(F)F)NC1CC1.I. The number of amides is 1. The summed E-state index contributed by atoms with van der Waals surface area (Å²) in [4.78, 5) is 15.0. The lowest BCUT2D eigenvalue weighted by Gasteiger charge is -2.10. The third-order valence-corrected chi connectivity index (χ3v) is 2.01. The maximum absolute atomic E-state index is 11.8. The molecule has 0 bridgehead atoms. The highest BCUT2D eigenvalue weighted by Crippen LogP contribution is 2.18. The van der Waals surface area contributed by atoms with E-state index >= 15 is 0 Å². The first-order valence-electron chi connectivity index (χ1n) is 5.14. The first-order valence-corrected chi connectivity index (χ1v) is 5.14. The van der Waals surface area contributed by atoms with Gasteiger partial charge < -0.3 is 16.0 Å². The highest BCUT2D eigenvalue weighted by atomic mass is 127. The van der Waals surface area contributed by atoms with E-state index in [9.17, 15) is 13.6 Å². The molecule has 0 saturated heterocycles. The minimum absolute atomic E-state index is 0. The van der Waals surface area contributed by atoms with Gasteiger partial charge in [0.05, 0.1) is 13.1 Å². The minimum Gasteiger partial charge on any atom is -0.354 e. The molecule has 0 aromatic rings. The van der Waals surface area contributed by atoms with Crippen molar-refractivity contribution in [2.45, 2.75) is 25.3 Å². The summed E-state index contributed by atoms with van der Waals surface area (Å²) in [6, 6.07) is 0.426. The molecule has 0 aromatic carbocycles. The van der Waals surface area contributed by atoms with Gasteiger partial charge in [-0.25, -0.2) is 8.78 Å². The Morgan fingerprint density at radius 3 is 2.53 bits per heavy atom. The van der Waals surface area contributed by atoms with Crippen LogP contribution in [-0.2, 0) is 4.79 Å². The van der Waals surface area contributed by atoms with Crippen LogP contribution in [0.2, 0.25) is 0 Å². The van der Waals surface area contributed by atoms with E-state index in [1.54, 1.807) is 7.05 Å². The minimum atomic E-state index is -2.52. The molecule has 8 heteroatoms. The van der Waals surface area contributed by atoms with Gasteiger partial charge >= 0.3 is 0 Å². The number of carbonyl (C=O) groups is 1. The highest BCUT2D eigenvalue weighted by Gasteiger charge is 2.22. The molecule has 1 aliphatic rings. The second kappa shape index (κ2) is 8.43. The third-order valence-electron chi connectivity index (χ3n) is 2.01. The van der Waals surface area contributed by atoms with E-state index in [1.807, 2.05) is 0 Å². The zero-order chi connectivity index (χ0) is 12.0. The number of rotatable bonds is 5. The summed E-state index contributed by atoms with van der Waals surface area (Å²) >= 11 is 0. The van der Waals surface area contributed by atoms with E-state index in [0.29, 0.717) is 12.0 Å². The summed E-state index contributed by atoms with van der Waals surface area (Å²) in [6.07, 6.45) is -0.329. The average molecular weight is 362 g/mol. The van der Waals surface area contributed by atoms with Crippen LogP contribution in [0.5, 0.6) is 0 Å². The molecule has 0 radical (unpaired) electrons. The Labute approximate surface area is 116 Å². The summed E-state index contributed by atoms with van der Waals surface area (Å²) < 4.78 is 23.5. The number of carbonyl (C=O) groups excluding carboxylic acids is 1. The zero-order valence-electron chi connectivity index (χ0n) is 9.50. The third kappa shape index (κ3) is 8.11. The fourth-order valence-electron chi connectivity index (χ4n) is 1.03. The van der Waals surface area contributed by atoms with E-state index in [4.69, 9.17) is 0 Å². The predicted octanol–water partition coefficient (Wildman–Crippen LogP) is 0.313. The molecule has 1 aliphatic carbocycles. The molecular formula is C9H17F2IN4O. The summed E-state index contributed by atoms with van der Waals surface area (Å²) in [5.74, 6) is 0.0498. The van der Waals surface area contributed by atoms with Crippen molar-refractivity contribution in [3.8, 4) is 0 Å². The Hall–Kier alpha value is -0.670. The molecule has 0 heterocycles. The number of hydrogen-bond acceptors (Lipinski definition) is 2. The van der Waals surface area contributed by atoms with Crippen molar-refractivity contribution >= 4 is 35.8 Å². The van der Waals surface area contributed by atoms with Crippen molar-refractivity contribution < 1.29 is 13.6 Å². The molecule has 0 aliphatic heterocycles. The number of hydrogen-bond donors (Lipinski definition) is 3. The molecule has 17 heavy (non-hydrogen) atoms. The van der Waals surface area contributed by atoms with Gasteiger partial charge in [0.15, 0.2) is 5.96 Å². The van der Waals surface area contributed by atoms with Crippen LogP contribution in [0, 0.1) is 0 Å². The summed E-state index contributed by atoms with van der Waals surface area (Å²) in [6.45, 7) is -0.672. The van der Waals surface area contributed by atoms with E-state index in [0.717, 1.165) is 12.8 Å². The first kappa shape index (κ1) is 16.3. The van der Waals surface area contributed by atoms with Crippen LogP contribution in [0.4, 0.5) is 8.78 Å². The molecule has 0 spiro atoms. The number of nitrogens with zero attached hydrogens (tertiary/aromatic N) is 1. The van der Waals surface area contributed by atoms with Gasteiger partial charge in [-0.05, 0) is 12.8 Å². The van der Waals surface area contributed by atoms with Crippen molar-refractivity contribution in [2.75, 3.05) is 20.1 Å². The van der Waals surface area contributed by atoms with E-state index < -0.39 is 18.9 Å². The Morgan fingerprint density at radius 1 is 1.41 bits per heavy atom. The maximum Gasteiger partial charge on any atom is 0.255 e. The number of halogens is 3. The van der Waals surface area contributed by atoms with E-state index in [1.165, 1.54) is 0 Å². The molecule has 1 amide bonds. The summed E-state index contributed by atoms with van der Waals surface area (Å²) in [5, 5.41) is 7.91. The van der Waals surface area contributed by atoms with Gasteiger partial charge in [-0.15, -0.1) is 24.0 Å². The van der Waals surface area contributed by atoms with Gasteiger partial charge in [0.1, 0.15) is 0 Å². The van der Waals surface area contributed by atoms with E-state index in [2.05, 4.69) is 20.9 Å². The fourth-order valence-corrected chi connectivity index (χ4v) is 1.03. The molecule has 3 N–H and O–H groups in total. The Bertz CT molecular complexity index is 272. The Morgan fingerprint density at radius 2 is 2.06 bits per heavy atom. The highest BCUT2D eigenvalue weighted by molar-refractivity contribution is 14.0. The molecule has 1 rings (SSSR count). The fraction of sp³-hybridized carbons (Fsp3) is 0.778. The predicted molar refractivity (Wildman–Crippen MR) is 71.9 cm³/mol. The van der Waals surface area contributed by atoms with Gasteiger partial charge in [0, 0.05) is 13.1 Å². The molecular weight excluding hydrogens is 345 g/mol. The van der Waals surface area contributed by atoms with Crippen LogP contribution < -0.4 is 16.0 Å².